The minimum Gasteiger partial charge on any atom is -0.497 e. The monoisotopic (exact) mass is 295 g/mol. The molecule has 0 radical (unpaired) electrons. The highest BCUT2D eigenvalue weighted by Crippen LogP contribution is 2.26. The van der Waals surface area contributed by atoms with Crippen molar-refractivity contribution in [2.75, 3.05) is 12.8 Å². The summed E-state index contributed by atoms with van der Waals surface area (Å²) in [5, 5.41) is 0. The van der Waals surface area contributed by atoms with E-state index in [1.54, 1.807) is 25.3 Å². The van der Waals surface area contributed by atoms with Gasteiger partial charge in [-0.25, -0.2) is 14.4 Å². The topological polar surface area (TPSA) is 61.0 Å². The normalized spacial score (nSPS) is 10.5. The van der Waals surface area contributed by atoms with Crippen LogP contribution in [-0.4, -0.2) is 17.1 Å². The van der Waals surface area contributed by atoms with Crippen molar-refractivity contribution in [2.24, 2.45) is 0 Å². The quantitative estimate of drug-likeness (QED) is 0.803. The molecule has 0 aliphatic rings. The van der Waals surface area contributed by atoms with E-state index in [1.165, 1.54) is 12.1 Å². The van der Waals surface area contributed by atoms with Crippen molar-refractivity contribution in [3.8, 4) is 28.3 Å². The summed E-state index contributed by atoms with van der Waals surface area (Å²) in [5.41, 5.74) is 8.58. The van der Waals surface area contributed by atoms with Crippen LogP contribution in [0.25, 0.3) is 22.5 Å². The standard InChI is InChI=1S/C17H14FN3O/c1-22-14-7-5-11(6-8-14)15-10-16(21-17(19)20-15)12-3-2-4-13(18)9-12/h2-10H,1H3,(H2,19,20,21). The van der Waals surface area contributed by atoms with E-state index in [-0.39, 0.29) is 11.8 Å². The SMILES string of the molecule is COc1ccc(-c2cc(-c3cccc(F)c3)nc(N)n2)cc1. The van der Waals surface area contributed by atoms with Crippen LogP contribution in [0.4, 0.5) is 10.3 Å². The molecule has 2 aromatic carbocycles. The maximum Gasteiger partial charge on any atom is 0.221 e. The van der Waals surface area contributed by atoms with Crippen molar-refractivity contribution in [2.45, 2.75) is 0 Å². The first-order valence-corrected chi connectivity index (χ1v) is 6.70. The number of nitrogens with two attached hydrogens (primary N) is 1. The van der Waals surface area contributed by atoms with Crippen LogP contribution in [0.15, 0.2) is 54.6 Å². The van der Waals surface area contributed by atoms with E-state index < -0.39 is 0 Å². The highest BCUT2D eigenvalue weighted by atomic mass is 19.1. The number of benzene rings is 2. The average molecular weight is 295 g/mol. The third-order valence-corrected chi connectivity index (χ3v) is 3.25. The number of ether oxygens (including phenoxy) is 1. The number of methoxy groups -OCH3 is 1. The van der Waals surface area contributed by atoms with Crippen LogP contribution < -0.4 is 10.5 Å². The van der Waals surface area contributed by atoms with Crippen LogP contribution >= 0.6 is 0 Å². The third kappa shape index (κ3) is 2.88. The molecule has 3 rings (SSSR count). The Morgan fingerprint density at radius 1 is 0.909 bits per heavy atom. The summed E-state index contributed by atoms with van der Waals surface area (Å²) in [4.78, 5) is 8.42. The molecule has 2 N–H and O–H groups in total. The molecule has 1 heterocycles. The van der Waals surface area contributed by atoms with Crippen LogP contribution in [0.2, 0.25) is 0 Å². The van der Waals surface area contributed by atoms with Gasteiger partial charge in [-0.2, -0.15) is 0 Å². The molecule has 0 saturated carbocycles. The lowest BCUT2D eigenvalue weighted by molar-refractivity contribution is 0.415. The molecule has 4 nitrogen and oxygen atoms in total. The lowest BCUT2D eigenvalue weighted by Gasteiger charge is -2.07. The number of rotatable bonds is 3. The molecule has 0 saturated heterocycles. The van der Waals surface area contributed by atoms with Crippen molar-refractivity contribution < 1.29 is 9.13 Å². The predicted molar refractivity (Wildman–Crippen MR) is 83.8 cm³/mol. The van der Waals surface area contributed by atoms with Gasteiger partial charge in [0, 0.05) is 11.1 Å². The van der Waals surface area contributed by atoms with Crippen LogP contribution in [0.1, 0.15) is 0 Å². The molecule has 0 atom stereocenters. The fraction of sp³-hybridized carbons (Fsp3) is 0.0588. The van der Waals surface area contributed by atoms with E-state index in [4.69, 9.17) is 10.5 Å². The predicted octanol–water partition coefficient (Wildman–Crippen LogP) is 3.54. The fourth-order valence-corrected chi connectivity index (χ4v) is 2.17. The molecular formula is C17H14FN3O. The van der Waals surface area contributed by atoms with Gasteiger partial charge >= 0.3 is 0 Å². The first-order chi connectivity index (χ1) is 10.7. The molecule has 0 unspecified atom stereocenters. The van der Waals surface area contributed by atoms with Gasteiger partial charge in [-0.3, -0.25) is 0 Å². The second-order valence-corrected chi connectivity index (χ2v) is 4.74. The van der Waals surface area contributed by atoms with Gasteiger partial charge in [0.2, 0.25) is 5.95 Å². The molecule has 0 fully saturated rings. The van der Waals surface area contributed by atoms with E-state index in [0.717, 1.165) is 11.3 Å². The molecule has 1 aromatic heterocycles. The zero-order chi connectivity index (χ0) is 15.5. The van der Waals surface area contributed by atoms with Crippen LogP contribution in [0.5, 0.6) is 5.75 Å². The highest BCUT2D eigenvalue weighted by molar-refractivity contribution is 5.69. The van der Waals surface area contributed by atoms with Gasteiger partial charge in [-0.05, 0) is 42.5 Å². The maximum absolute atomic E-state index is 13.4. The molecule has 0 spiro atoms. The lowest BCUT2D eigenvalue weighted by atomic mass is 10.1. The highest BCUT2D eigenvalue weighted by Gasteiger charge is 2.08. The van der Waals surface area contributed by atoms with Crippen molar-refractivity contribution in [3.05, 3.63) is 60.4 Å². The van der Waals surface area contributed by atoms with Gasteiger partial charge in [-0.1, -0.05) is 12.1 Å². The molecule has 3 aromatic rings. The molecule has 5 heteroatoms. The number of hydrogen-bond acceptors (Lipinski definition) is 4. The number of nitrogens with zero attached hydrogens (tertiary/aromatic N) is 2. The van der Waals surface area contributed by atoms with Gasteiger partial charge in [0.25, 0.3) is 0 Å². The third-order valence-electron chi connectivity index (χ3n) is 3.25. The largest absolute Gasteiger partial charge is 0.497 e. The summed E-state index contributed by atoms with van der Waals surface area (Å²) in [6, 6.07) is 15.5. The summed E-state index contributed by atoms with van der Waals surface area (Å²) in [5.74, 6) is 0.587. The zero-order valence-corrected chi connectivity index (χ0v) is 12.0. The number of aromatic nitrogens is 2. The second-order valence-electron chi connectivity index (χ2n) is 4.74. The molecule has 110 valence electrons. The summed E-state index contributed by atoms with van der Waals surface area (Å²) < 4.78 is 18.5. The Bertz CT molecular complexity index is 803. The van der Waals surface area contributed by atoms with Gasteiger partial charge in [0.05, 0.1) is 18.5 Å². The van der Waals surface area contributed by atoms with Gasteiger partial charge in [0.15, 0.2) is 0 Å². The van der Waals surface area contributed by atoms with Crippen molar-refractivity contribution >= 4 is 5.95 Å². The summed E-state index contributed by atoms with van der Waals surface area (Å²) in [6.45, 7) is 0. The Morgan fingerprint density at radius 2 is 1.59 bits per heavy atom. The Balaban J connectivity index is 2.06. The molecule has 0 amide bonds. The van der Waals surface area contributed by atoms with Crippen molar-refractivity contribution in [3.63, 3.8) is 0 Å². The van der Waals surface area contributed by atoms with Crippen LogP contribution in [0, 0.1) is 5.82 Å². The molecule has 0 aliphatic heterocycles. The minimum absolute atomic E-state index is 0.146. The summed E-state index contributed by atoms with van der Waals surface area (Å²) >= 11 is 0. The number of anilines is 1. The molecule has 22 heavy (non-hydrogen) atoms. The molecular weight excluding hydrogens is 281 g/mol. The lowest BCUT2D eigenvalue weighted by Crippen LogP contribution is -1.98. The smallest absolute Gasteiger partial charge is 0.221 e. The van der Waals surface area contributed by atoms with Gasteiger partial charge < -0.3 is 10.5 Å². The fourth-order valence-electron chi connectivity index (χ4n) is 2.17. The van der Waals surface area contributed by atoms with Crippen molar-refractivity contribution in [1.29, 1.82) is 0 Å². The Hall–Kier alpha value is -2.95. The Labute approximate surface area is 127 Å². The number of hydrogen-bond donors (Lipinski definition) is 1. The maximum atomic E-state index is 13.4. The van der Waals surface area contributed by atoms with Gasteiger partial charge in [-0.15, -0.1) is 0 Å². The van der Waals surface area contributed by atoms with E-state index in [1.807, 2.05) is 24.3 Å². The average Bonchev–Trinajstić information content (AvgIpc) is 2.54. The first kappa shape index (κ1) is 14.0. The summed E-state index contributed by atoms with van der Waals surface area (Å²) in [6.07, 6.45) is 0. The molecule has 0 bridgehead atoms. The number of halogens is 1. The number of nitrogen functional groups attached to an aromatic ring is 1. The Morgan fingerprint density at radius 3 is 2.23 bits per heavy atom. The van der Waals surface area contributed by atoms with Gasteiger partial charge in [0.1, 0.15) is 11.6 Å². The zero-order valence-electron chi connectivity index (χ0n) is 12.0. The van der Waals surface area contributed by atoms with E-state index in [0.29, 0.717) is 17.0 Å². The van der Waals surface area contributed by atoms with Crippen molar-refractivity contribution in [1.82, 2.24) is 9.97 Å². The minimum atomic E-state index is -0.319. The molecule has 0 aliphatic carbocycles. The van der Waals surface area contributed by atoms with Crippen LogP contribution in [-0.2, 0) is 0 Å². The van der Waals surface area contributed by atoms with E-state index in [9.17, 15) is 4.39 Å². The Kier molecular flexibility index (Phi) is 3.70. The second kappa shape index (κ2) is 5.81. The summed E-state index contributed by atoms with van der Waals surface area (Å²) in [7, 11) is 1.61. The first-order valence-electron chi connectivity index (χ1n) is 6.70. The van der Waals surface area contributed by atoms with E-state index in [2.05, 4.69) is 9.97 Å². The van der Waals surface area contributed by atoms with Crippen LogP contribution in [0.3, 0.4) is 0 Å². The van der Waals surface area contributed by atoms with E-state index >= 15 is 0 Å².